The fourth-order valence-electron chi connectivity index (χ4n) is 3.88. The number of anilines is 2. The van der Waals surface area contributed by atoms with Gasteiger partial charge in [-0.1, -0.05) is 56.3 Å². The highest BCUT2D eigenvalue weighted by Gasteiger charge is 2.31. The van der Waals surface area contributed by atoms with Crippen LogP contribution >= 0.6 is 0 Å². The van der Waals surface area contributed by atoms with Crippen molar-refractivity contribution in [2.24, 2.45) is 5.92 Å². The van der Waals surface area contributed by atoms with E-state index in [1.165, 1.54) is 4.57 Å². The molecule has 2 heterocycles. The highest BCUT2D eigenvalue weighted by molar-refractivity contribution is 5.97. The lowest BCUT2D eigenvalue weighted by Gasteiger charge is -2.27. The van der Waals surface area contributed by atoms with Crippen molar-refractivity contribution in [3.05, 3.63) is 81.0 Å². The maximum Gasteiger partial charge on any atom is 0.351 e. The number of fused-ring (bicyclic) bond motifs is 1. The number of carbonyl (C=O) groups excluding carboxylic acids is 2. The van der Waals surface area contributed by atoms with Gasteiger partial charge in [-0.25, -0.2) is 9.59 Å². The van der Waals surface area contributed by atoms with Crippen molar-refractivity contribution in [3.8, 4) is 11.5 Å². The van der Waals surface area contributed by atoms with Crippen molar-refractivity contribution in [2.75, 3.05) is 30.4 Å². The predicted molar refractivity (Wildman–Crippen MR) is 136 cm³/mol. The van der Waals surface area contributed by atoms with E-state index >= 15 is 0 Å². The number of hydrogen-bond acceptors (Lipinski definition) is 8. The number of amides is 1. The standard InChI is InChI=1S/C26H28N4O7/c1-16(2)12-29(21(31)15-36-25(33)20-14-35-18-10-6-7-11-19(18)37-20)22-23(27)30(26(34)28-24(22)32)13-17-8-4-3-5-9-17/h3-11,16,20H,12-15,27H2,1-2H3,(H,28,32,34). The third-order valence-corrected chi connectivity index (χ3v) is 5.63. The first-order chi connectivity index (χ1) is 17.7. The SMILES string of the molecule is CC(C)CN(C(=O)COC(=O)C1COc2ccccc2O1)c1c(N)n(Cc2ccccc2)c(=O)[nH]c1=O. The second kappa shape index (κ2) is 11.0. The average molecular weight is 509 g/mol. The number of nitrogen functional groups attached to an aromatic ring is 1. The van der Waals surface area contributed by atoms with Crippen LogP contribution in [-0.2, 0) is 20.9 Å². The van der Waals surface area contributed by atoms with Crippen molar-refractivity contribution in [2.45, 2.75) is 26.5 Å². The predicted octanol–water partition coefficient (Wildman–Crippen LogP) is 1.54. The number of ether oxygens (including phenoxy) is 3. The number of hydrogen-bond donors (Lipinski definition) is 2. The first kappa shape index (κ1) is 25.5. The Morgan fingerprint density at radius 2 is 1.78 bits per heavy atom. The van der Waals surface area contributed by atoms with Gasteiger partial charge in [-0.2, -0.15) is 0 Å². The van der Waals surface area contributed by atoms with Gasteiger partial charge >= 0.3 is 11.7 Å². The summed E-state index contributed by atoms with van der Waals surface area (Å²) in [4.78, 5) is 54.5. The molecular weight excluding hydrogens is 480 g/mol. The number of nitrogens with two attached hydrogens (primary N) is 1. The van der Waals surface area contributed by atoms with E-state index < -0.39 is 35.8 Å². The van der Waals surface area contributed by atoms with Gasteiger partial charge in [0.2, 0.25) is 6.10 Å². The Hall–Kier alpha value is -4.54. The summed E-state index contributed by atoms with van der Waals surface area (Å²) < 4.78 is 17.5. The van der Waals surface area contributed by atoms with Crippen LogP contribution in [0.4, 0.5) is 11.5 Å². The molecule has 11 heteroatoms. The van der Waals surface area contributed by atoms with Crippen LogP contribution < -0.4 is 31.4 Å². The van der Waals surface area contributed by atoms with Gasteiger partial charge in [0.05, 0.1) is 6.54 Å². The van der Waals surface area contributed by atoms with Gasteiger partial charge in [-0.05, 0) is 23.6 Å². The molecule has 4 rings (SSSR count). The summed E-state index contributed by atoms with van der Waals surface area (Å²) in [5, 5.41) is 0. The van der Waals surface area contributed by atoms with Gasteiger partial charge < -0.3 is 24.8 Å². The van der Waals surface area contributed by atoms with E-state index in [2.05, 4.69) is 4.98 Å². The first-order valence-electron chi connectivity index (χ1n) is 11.8. The molecule has 0 bridgehead atoms. The molecule has 0 spiro atoms. The topological polar surface area (TPSA) is 146 Å². The molecule has 2 aromatic carbocycles. The number of aromatic amines is 1. The minimum absolute atomic E-state index is 0.0699. The van der Waals surface area contributed by atoms with E-state index in [9.17, 15) is 19.2 Å². The zero-order chi connectivity index (χ0) is 26.5. The van der Waals surface area contributed by atoms with Crippen LogP contribution in [-0.4, -0.2) is 47.3 Å². The quantitative estimate of drug-likeness (QED) is 0.436. The van der Waals surface area contributed by atoms with Gasteiger partial charge in [-0.15, -0.1) is 0 Å². The van der Waals surface area contributed by atoms with Crippen molar-refractivity contribution >= 4 is 23.4 Å². The van der Waals surface area contributed by atoms with Gasteiger partial charge in [0.15, 0.2) is 23.8 Å². The first-order valence-corrected chi connectivity index (χ1v) is 11.8. The number of nitrogens with one attached hydrogen (secondary N) is 1. The van der Waals surface area contributed by atoms with Crippen molar-refractivity contribution in [3.63, 3.8) is 0 Å². The van der Waals surface area contributed by atoms with Gasteiger partial charge in [0, 0.05) is 6.54 Å². The van der Waals surface area contributed by atoms with E-state index in [0.29, 0.717) is 11.5 Å². The monoisotopic (exact) mass is 508 g/mol. The molecule has 0 radical (unpaired) electrons. The molecule has 3 N–H and O–H groups in total. The summed E-state index contributed by atoms with van der Waals surface area (Å²) in [6.45, 7) is 3.15. The Kier molecular flexibility index (Phi) is 7.61. The molecule has 0 saturated heterocycles. The van der Waals surface area contributed by atoms with Crippen molar-refractivity contribution in [1.29, 1.82) is 0 Å². The average Bonchev–Trinajstić information content (AvgIpc) is 2.89. The molecule has 1 aliphatic rings. The molecule has 1 unspecified atom stereocenters. The zero-order valence-corrected chi connectivity index (χ0v) is 20.5. The molecule has 1 aromatic heterocycles. The van der Waals surface area contributed by atoms with Crippen molar-refractivity contribution < 1.29 is 23.8 Å². The number of aromatic nitrogens is 2. The lowest BCUT2D eigenvalue weighted by atomic mass is 10.2. The molecule has 0 fully saturated rings. The van der Waals surface area contributed by atoms with E-state index in [-0.39, 0.29) is 37.1 Å². The minimum atomic E-state index is -1.05. The molecular formula is C26H28N4O7. The van der Waals surface area contributed by atoms with Crippen LogP contribution in [0.25, 0.3) is 0 Å². The largest absolute Gasteiger partial charge is 0.485 e. The van der Waals surface area contributed by atoms with Crippen LogP contribution in [0.2, 0.25) is 0 Å². The molecule has 0 saturated carbocycles. The number of nitrogens with zero attached hydrogens (tertiary/aromatic N) is 2. The smallest absolute Gasteiger partial charge is 0.351 e. The zero-order valence-electron chi connectivity index (χ0n) is 20.5. The van der Waals surface area contributed by atoms with Crippen LogP contribution in [0.3, 0.4) is 0 Å². The third kappa shape index (κ3) is 5.83. The van der Waals surface area contributed by atoms with Gasteiger partial charge in [0.1, 0.15) is 12.4 Å². The van der Waals surface area contributed by atoms with E-state index in [1.807, 2.05) is 44.2 Å². The molecule has 3 aromatic rings. The summed E-state index contributed by atoms with van der Waals surface area (Å²) in [6, 6.07) is 16.0. The molecule has 37 heavy (non-hydrogen) atoms. The Morgan fingerprint density at radius 1 is 1.11 bits per heavy atom. The highest BCUT2D eigenvalue weighted by Crippen LogP contribution is 2.31. The summed E-state index contributed by atoms with van der Waals surface area (Å²) >= 11 is 0. The van der Waals surface area contributed by atoms with Gasteiger partial charge in [-0.3, -0.25) is 19.1 Å². The fourth-order valence-corrected chi connectivity index (χ4v) is 3.88. The van der Waals surface area contributed by atoms with Crippen LogP contribution in [0.15, 0.2) is 64.2 Å². The van der Waals surface area contributed by atoms with Crippen LogP contribution in [0, 0.1) is 5.92 Å². The number of H-pyrrole nitrogens is 1. The Balaban J connectivity index is 1.54. The normalized spacial score (nSPS) is 14.3. The Morgan fingerprint density at radius 3 is 2.49 bits per heavy atom. The van der Waals surface area contributed by atoms with Gasteiger partial charge in [0.25, 0.3) is 11.5 Å². The summed E-state index contributed by atoms with van der Waals surface area (Å²) in [5.74, 6) is -0.808. The lowest BCUT2D eigenvalue weighted by molar-refractivity contribution is -0.157. The number of carbonyl (C=O) groups is 2. The molecule has 0 aliphatic carbocycles. The number of para-hydroxylation sites is 2. The molecule has 194 valence electrons. The molecule has 1 atom stereocenters. The fraction of sp³-hybridized carbons (Fsp3) is 0.308. The van der Waals surface area contributed by atoms with Crippen LogP contribution in [0.1, 0.15) is 19.4 Å². The summed E-state index contributed by atoms with van der Waals surface area (Å²) in [5.41, 5.74) is 5.35. The number of esters is 1. The molecule has 1 amide bonds. The maximum absolute atomic E-state index is 13.2. The maximum atomic E-state index is 13.2. The molecule has 11 nitrogen and oxygen atoms in total. The highest BCUT2D eigenvalue weighted by atomic mass is 16.6. The second-order valence-corrected chi connectivity index (χ2v) is 8.94. The number of benzene rings is 2. The molecule has 1 aliphatic heterocycles. The van der Waals surface area contributed by atoms with Crippen molar-refractivity contribution in [1.82, 2.24) is 9.55 Å². The summed E-state index contributed by atoms with van der Waals surface area (Å²) in [6.07, 6.45) is -1.05. The number of rotatable bonds is 8. The van der Waals surface area contributed by atoms with E-state index in [4.69, 9.17) is 19.9 Å². The lowest BCUT2D eigenvalue weighted by Crippen LogP contribution is -2.45. The van der Waals surface area contributed by atoms with E-state index in [1.54, 1.807) is 24.3 Å². The Labute approximate surface area is 212 Å². The second-order valence-electron chi connectivity index (χ2n) is 8.94. The Bertz CT molecular complexity index is 1400. The summed E-state index contributed by atoms with van der Waals surface area (Å²) in [7, 11) is 0. The minimum Gasteiger partial charge on any atom is -0.485 e. The van der Waals surface area contributed by atoms with Crippen LogP contribution in [0.5, 0.6) is 11.5 Å². The third-order valence-electron chi connectivity index (χ3n) is 5.63. The van der Waals surface area contributed by atoms with E-state index in [0.717, 1.165) is 10.5 Å².